The molecule has 0 radical (unpaired) electrons. The predicted octanol–water partition coefficient (Wildman–Crippen LogP) is 3.54. The van der Waals surface area contributed by atoms with E-state index in [1.54, 1.807) is 0 Å². The highest BCUT2D eigenvalue weighted by atomic mass is 32.1. The Morgan fingerprint density at radius 1 is 1.13 bits per heavy atom. The molecule has 0 aliphatic heterocycles. The van der Waals surface area contributed by atoms with Crippen LogP contribution in [0, 0.1) is 0 Å². The average Bonchev–Trinajstić information content (AvgIpc) is 2.55. The number of aliphatic imine (C=N–C) groups is 1. The quantitative estimate of drug-likeness (QED) is 0.360. The summed E-state index contributed by atoms with van der Waals surface area (Å²) in [7, 11) is 0. The zero-order valence-corrected chi connectivity index (χ0v) is 15.0. The fourth-order valence-electron chi connectivity index (χ4n) is 1.65. The molecule has 0 aromatic heterocycles. The minimum atomic E-state index is 0.555. The minimum Gasteiger partial charge on any atom is -0.379 e. The maximum Gasteiger partial charge on any atom is 0.170 e. The Bertz CT molecular complexity index is 503. The van der Waals surface area contributed by atoms with Crippen LogP contribution in [0.15, 0.2) is 29.3 Å². The third kappa shape index (κ3) is 10.1. The summed E-state index contributed by atoms with van der Waals surface area (Å²) in [5, 5.41) is 9.06. The van der Waals surface area contributed by atoms with Gasteiger partial charge in [-0.05, 0) is 55.1 Å². The van der Waals surface area contributed by atoms with Gasteiger partial charge in [0.05, 0.1) is 30.7 Å². The van der Waals surface area contributed by atoms with Crippen LogP contribution >= 0.6 is 24.4 Å². The molecular formula is C16H23N3O2S2. The Hall–Kier alpha value is -1.37. The Labute approximate surface area is 148 Å². The van der Waals surface area contributed by atoms with E-state index in [2.05, 4.69) is 39.9 Å². The molecule has 0 fully saturated rings. The molecule has 0 saturated heterocycles. The normalized spacial score (nSPS) is 9.96. The summed E-state index contributed by atoms with van der Waals surface area (Å²) in [5.74, 6) is 0. The van der Waals surface area contributed by atoms with Gasteiger partial charge in [-0.3, -0.25) is 0 Å². The lowest BCUT2D eigenvalue weighted by atomic mass is 10.3. The number of benzene rings is 1. The Morgan fingerprint density at radius 3 is 2.48 bits per heavy atom. The third-order valence-electron chi connectivity index (χ3n) is 2.85. The van der Waals surface area contributed by atoms with Gasteiger partial charge in [-0.25, -0.2) is 0 Å². The van der Waals surface area contributed by atoms with Crippen molar-refractivity contribution in [1.29, 1.82) is 0 Å². The zero-order chi connectivity index (χ0) is 16.8. The van der Waals surface area contributed by atoms with Gasteiger partial charge in [0, 0.05) is 18.8 Å². The van der Waals surface area contributed by atoms with E-state index in [-0.39, 0.29) is 0 Å². The van der Waals surface area contributed by atoms with E-state index in [1.807, 2.05) is 24.3 Å². The number of anilines is 1. The summed E-state index contributed by atoms with van der Waals surface area (Å²) in [4.78, 5) is 3.89. The number of hydrogen-bond acceptors (Lipinski definition) is 5. The first-order valence-corrected chi connectivity index (χ1v) is 8.46. The monoisotopic (exact) mass is 353 g/mol. The van der Waals surface area contributed by atoms with Gasteiger partial charge >= 0.3 is 0 Å². The summed E-state index contributed by atoms with van der Waals surface area (Å²) in [6.45, 7) is 5.42. The lowest BCUT2D eigenvalue weighted by Gasteiger charge is -2.11. The van der Waals surface area contributed by atoms with Gasteiger partial charge < -0.3 is 20.1 Å². The molecule has 0 aliphatic carbocycles. The first-order valence-electron chi connectivity index (χ1n) is 7.64. The smallest absolute Gasteiger partial charge is 0.170 e. The molecule has 0 unspecified atom stereocenters. The minimum absolute atomic E-state index is 0.555. The highest BCUT2D eigenvalue weighted by molar-refractivity contribution is 7.80. The second kappa shape index (κ2) is 13.1. The molecular weight excluding hydrogens is 330 g/mol. The van der Waals surface area contributed by atoms with Crippen molar-refractivity contribution in [3.05, 3.63) is 24.3 Å². The van der Waals surface area contributed by atoms with Crippen molar-refractivity contribution in [2.75, 3.05) is 38.3 Å². The van der Waals surface area contributed by atoms with Gasteiger partial charge in [0.2, 0.25) is 0 Å². The van der Waals surface area contributed by atoms with E-state index in [4.69, 9.17) is 21.7 Å². The maximum absolute atomic E-state index is 5.45. The molecule has 1 rings (SSSR count). The fourth-order valence-corrected chi connectivity index (χ4v) is 1.98. The summed E-state index contributed by atoms with van der Waals surface area (Å²) in [6.07, 6.45) is 2.25. The van der Waals surface area contributed by atoms with Crippen molar-refractivity contribution in [3.63, 3.8) is 0 Å². The van der Waals surface area contributed by atoms with E-state index < -0.39 is 0 Å². The van der Waals surface area contributed by atoms with Gasteiger partial charge in [0.1, 0.15) is 0 Å². The molecule has 0 aliphatic rings. The number of nitrogens with one attached hydrogen (secondary N) is 2. The van der Waals surface area contributed by atoms with E-state index >= 15 is 0 Å². The van der Waals surface area contributed by atoms with Crippen LogP contribution in [-0.4, -0.2) is 43.2 Å². The molecule has 1 aromatic carbocycles. The van der Waals surface area contributed by atoms with E-state index in [0.29, 0.717) is 31.5 Å². The first-order chi connectivity index (χ1) is 11.3. The lowest BCUT2D eigenvalue weighted by Crippen LogP contribution is -2.31. The maximum atomic E-state index is 5.45. The van der Waals surface area contributed by atoms with Crippen molar-refractivity contribution in [2.45, 2.75) is 19.8 Å². The van der Waals surface area contributed by atoms with Crippen molar-refractivity contribution in [3.8, 4) is 0 Å². The van der Waals surface area contributed by atoms with Crippen molar-refractivity contribution >= 4 is 46.1 Å². The van der Waals surface area contributed by atoms with Crippen LogP contribution in [0.3, 0.4) is 0 Å². The number of rotatable bonds is 11. The van der Waals surface area contributed by atoms with E-state index in [1.165, 1.54) is 0 Å². The molecule has 0 amide bonds. The highest BCUT2D eigenvalue weighted by Gasteiger charge is 1.98. The third-order valence-corrected chi connectivity index (χ3v) is 3.18. The zero-order valence-electron chi connectivity index (χ0n) is 13.3. The standard InChI is InChI=1S/C16H23N3O2S2/c1-2-3-9-20-11-12-21-10-8-17-16(23)19-15-6-4-14(5-7-15)18-13-22/h4-7H,2-3,8-12H2,1H3,(H2,17,19,23). The van der Waals surface area contributed by atoms with Crippen LogP contribution in [0.4, 0.5) is 11.4 Å². The molecule has 0 saturated carbocycles. The summed E-state index contributed by atoms with van der Waals surface area (Å²) < 4.78 is 10.9. The Morgan fingerprint density at radius 2 is 1.83 bits per heavy atom. The average molecular weight is 354 g/mol. The molecule has 126 valence electrons. The number of thiocarbonyl (C=S) groups is 2. The Balaban J connectivity index is 2.07. The largest absolute Gasteiger partial charge is 0.379 e. The van der Waals surface area contributed by atoms with Gasteiger partial charge in [-0.2, -0.15) is 4.99 Å². The first kappa shape index (κ1) is 19.7. The van der Waals surface area contributed by atoms with Gasteiger partial charge in [-0.15, -0.1) is 0 Å². The van der Waals surface area contributed by atoms with E-state index in [9.17, 15) is 0 Å². The molecule has 1 aromatic rings. The fraction of sp³-hybridized carbons (Fsp3) is 0.500. The summed E-state index contributed by atoms with van der Waals surface area (Å²) in [6, 6.07) is 7.44. The van der Waals surface area contributed by atoms with Crippen LogP contribution in [-0.2, 0) is 9.47 Å². The molecule has 7 heteroatoms. The molecule has 5 nitrogen and oxygen atoms in total. The van der Waals surface area contributed by atoms with Crippen LogP contribution in [0.5, 0.6) is 0 Å². The summed E-state index contributed by atoms with van der Waals surface area (Å²) in [5.41, 5.74) is 1.65. The number of nitrogens with zero attached hydrogens (tertiary/aromatic N) is 1. The molecule has 0 heterocycles. The number of hydrogen-bond donors (Lipinski definition) is 2. The van der Waals surface area contributed by atoms with Crippen molar-refractivity contribution in [1.82, 2.24) is 5.32 Å². The number of isothiocyanates is 1. The molecule has 23 heavy (non-hydrogen) atoms. The van der Waals surface area contributed by atoms with Crippen molar-refractivity contribution < 1.29 is 9.47 Å². The second-order valence-electron chi connectivity index (χ2n) is 4.71. The van der Waals surface area contributed by atoms with Gasteiger partial charge in [0.15, 0.2) is 5.11 Å². The highest BCUT2D eigenvalue weighted by Crippen LogP contribution is 2.15. The van der Waals surface area contributed by atoms with E-state index in [0.717, 1.165) is 30.8 Å². The van der Waals surface area contributed by atoms with Crippen LogP contribution in [0.1, 0.15) is 19.8 Å². The van der Waals surface area contributed by atoms with Crippen LogP contribution in [0.25, 0.3) is 0 Å². The molecule has 0 atom stereocenters. The molecule has 0 spiro atoms. The SMILES string of the molecule is CCCCOCCOCCNC(=S)Nc1ccc(N=C=S)cc1. The number of unbranched alkanes of at least 4 members (excludes halogenated alkanes) is 1. The molecule has 2 N–H and O–H groups in total. The van der Waals surface area contributed by atoms with Crippen LogP contribution < -0.4 is 10.6 Å². The van der Waals surface area contributed by atoms with Crippen LogP contribution in [0.2, 0.25) is 0 Å². The van der Waals surface area contributed by atoms with Gasteiger partial charge in [-0.1, -0.05) is 13.3 Å². The lowest BCUT2D eigenvalue weighted by molar-refractivity contribution is 0.0488. The van der Waals surface area contributed by atoms with Crippen molar-refractivity contribution in [2.24, 2.45) is 4.99 Å². The van der Waals surface area contributed by atoms with Gasteiger partial charge in [0.25, 0.3) is 0 Å². The second-order valence-corrected chi connectivity index (χ2v) is 5.30. The predicted molar refractivity (Wildman–Crippen MR) is 102 cm³/mol. The summed E-state index contributed by atoms with van der Waals surface area (Å²) >= 11 is 9.77. The molecule has 0 bridgehead atoms. The Kier molecular flexibility index (Phi) is 11.2. The topological polar surface area (TPSA) is 54.9 Å². The number of ether oxygens (including phenoxy) is 2.